The zero-order chi connectivity index (χ0) is 10.7. The monoisotopic (exact) mass is 201 g/mol. The third-order valence-corrected chi connectivity index (χ3v) is 2.60. The van der Waals surface area contributed by atoms with Crippen LogP contribution in [0.4, 0.5) is 0 Å². The predicted octanol–water partition coefficient (Wildman–Crippen LogP) is 1.70. The van der Waals surface area contributed by atoms with Crippen LogP contribution in [0.5, 0.6) is 0 Å². The Hall–Kier alpha value is -1.61. The maximum atomic E-state index is 5.69. The van der Waals surface area contributed by atoms with E-state index in [4.69, 9.17) is 5.73 Å². The first-order chi connectivity index (χ1) is 7.31. The first-order valence-corrected chi connectivity index (χ1v) is 5.05. The molecule has 0 saturated carbocycles. The summed E-state index contributed by atoms with van der Waals surface area (Å²) in [5.41, 5.74) is 9.33. The number of imidazole rings is 1. The zero-order valence-electron chi connectivity index (χ0n) is 8.85. The number of nitrogens with zero attached hydrogens (tertiary/aromatic N) is 2. The minimum absolute atomic E-state index is 0.587. The molecule has 3 heteroatoms. The van der Waals surface area contributed by atoms with Gasteiger partial charge in [-0.25, -0.2) is 4.98 Å². The van der Waals surface area contributed by atoms with Crippen LogP contribution in [0.2, 0.25) is 0 Å². The highest BCUT2D eigenvalue weighted by atomic mass is 15.0. The molecule has 0 unspecified atom stereocenters. The van der Waals surface area contributed by atoms with Gasteiger partial charge >= 0.3 is 0 Å². The van der Waals surface area contributed by atoms with Crippen LogP contribution in [0.25, 0.3) is 0 Å². The van der Waals surface area contributed by atoms with E-state index >= 15 is 0 Å². The standard InChI is InChI=1S/C12H15N3/c1-10-7-14-9-15(10)8-12-5-3-2-4-11(12)6-13/h2-5,7,9H,6,8,13H2,1H3. The van der Waals surface area contributed by atoms with Crippen LogP contribution in [0.15, 0.2) is 36.8 Å². The first kappa shape index (κ1) is 9.93. The molecule has 15 heavy (non-hydrogen) atoms. The molecule has 0 aliphatic rings. The van der Waals surface area contributed by atoms with Gasteiger partial charge in [-0.15, -0.1) is 0 Å². The van der Waals surface area contributed by atoms with Crippen molar-refractivity contribution in [2.24, 2.45) is 5.73 Å². The van der Waals surface area contributed by atoms with E-state index in [1.54, 1.807) is 0 Å². The first-order valence-electron chi connectivity index (χ1n) is 5.05. The van der Waals surface area contributed by atoms with Crippen molar-refractivity contribution in [3.05, 3.63) is 53.6 Å². The van der Waals surface area contributed by atoms with E-state index in [-0.39, 0.29) is 0 Å². The third kappa shape index (κ3) is 2.07. The fourth-order valence-corrected chi connectivity index (χ4v) is 1.65. The highest BCUT2D eigenvalue weighted by Crippen LogP contribution is 2.11. The Morgan fingerprint density at radius 3 is 2.60 bits per heavy atom. The van der Waals surface area contributed by atoms with E-state index in [0.29, 0.717) is 6.54 Å². The van der Waals surface area contributed by atoms with E-state index in [9.17, 15) is 0 Å². The number of rotatable bonds is 3. The van der Waals surface area contributed by atoms with Crippen molar-refractivity contribution in [1.29, 1.82) is 0 Å². The molecule has 0 radical (unpaired) electrons. The highest BCUT2D eigenvalue weighted by molar-refractivity contribution is 5.27. The maximum Gasteiger partial charge on any atom is 0.0951 e. The van der Waals surface area contributed by atoms with Crippen molar-refractivity contribution in [2.75, 3.05) is 0 Å². The second-order valence-corrected chi connectivity index (χ2v) is 3.64. The molecule has 2 aromatic rings. The van der Waals surface area contributed by atoms with Crippen LogP contribution >= 0.6 is 0 Å². The summed E-state index contributed by atoms with van der Waals surface area (Å²) < 4.78 is 2.12. The van der Waals surface area contributed by atoms with Crippen molar-refractivity contribution in [1.82, 2.24) is 9.55 Å². The van der Waals surface area contributed by atoms with Gasteiger partial charge in [-0.2, -0.15) is 0 Å². The second kappa shape index (κ2) is 4.28. The second-order valence-electron chi connectivity index (χ2n) is 3.64. The van der Waals surface area contributed by atoms with Crippen LogP contribution < -0.4 is 5.73 Å². The van der Waals surface area contributed by atoms with Crippen LogP contribution in [0.3, 0.4) is 0 Å². The van der Waals surface area contributed by atoms with Crippen LogP contribution in [-0.4, -0.2) is 9.55 Å². The van der Waals surface area contributed by atoms with E-state index in [2.05, 4.69) is 28.6 Å². The highest BCUT2D eigenvalue weighted by Gasteiger charge is 2.02. The Bertz CT molecular complexity index is 446. The molecule has 0 saturated heterocycles. The smallest absolute Gasteiger partial charge is 0.0951 e. The number of aromatic nitrogens is 2. The Labute approximate surface area is 89.6 Å². The molecule has 0 amide bonds. The minimum Gasteiger partial charge on any atom is -0.330 e. The Morgan fingerprint density at radius 2 is 2.00 bits per heavy atom. The average Bonchev–Trinajstić information content (AvgIpc) is 2.65. The van der Waals surface area contributed by atoms with Gasteiger partial charge in [0, 0.05) is 25.0 Å². The number of nitrogens with two attached hydrogens (primary N) is 1. The lowest BCUT2D eigenvalue weighted by Gasteiger charge is -2.09. The SMILES string of the molecule is Cc1cncn1Cc1ccccc1CN. The van der Waals surface area contributed by atoms with Gasteiger partial charge in [-0.3, -0.25) is 0 Å². The van der Waals surface area contributed by atoms with Gasteiger partial charge in [0.15, 0.2) is 0 Å². The van der Waals surface area contributed by atoms with Crippen molar-refractivity contribution >= 4 is 0 Å². The summed E-state index contributed by atoms with van der Waals surface area (Å²) in [7, 11) is 0. The molecule has 2 rings (SSSR count). The van der Waals surface area contributed by atoms with E-state index < -0.39 is 0 Å². The lowest BCUT2D eigenvalue weighted by Crippen LogP contribution is -2.06. The summed E-state index contributed by atoms with van der Waals surface area (Å²) in [5, 5.41) is 0. The molecule has 1 aromatic heterocycles. The fourth-order valence-electron chi connectivity index (χ4n) is 1.65. The van der Waals surface area contributed by atoms with Gasteiger partial charge in [-0.05, 0) is 18.1 Å². The molecule has 2 N–H and O–H groups in total. The van der Waals surface area contributed by atoms with Crippen LogP contribution in [0, 0.1) is 6.92 Å². The normalized spacial score (nSPS) is 10.5. The molecule has 1 heterocycles. The lowest BCUT2D eigenvalue weighted by atomic mass is 10.1. The predicted molar refractivity (Wildman–Crippen MR) is 60.4 cm³/mol. The number of benzene rings is 1. The Morgan fingerprint density at radius 1 is 1.27 bits per heavy atom. The van der Waals surface area contributed by atoms with Gasteiger partial charge < -0.3 is 10.3 Å². The molecule has 0 aliphatic carbocycles. The molecule has 1 aromatic carbocycles. The topological polar surface area (TPSA) is 43.8 Å². The van der Waals surface area contributed by atoms with Gasteiger partial charge in [0.05, 0.1) is 6.33 Å². The van der Waals surface area contributed by atoms with E-state index in [0.717, 1.165) is 6.54 Å². The van der Waals surface area contributed by atoms with Crippen molar-refractivity contribution in [3.63, 3.8) is 0 Å². The van der Waals surface area contributed by atoms with Gasteiger partial charge in [0.25, 0.3) is 0 Å². The number of aryl methyl sites for hydroxylation is 1. The van der Waals surface area contributed by atoms with Gasteiger partial charge in [-0.1, -0.05) is 24.3 Å². The summed E-state index contributed by atoms with van der Waals surface area (Å²) >= 11 is 0. The van der Waals surface area contributed by atoms with Crippen molar-refractivity contribution < 1.29 is 0 Å². The molecular weight excluding hydrogens is 186 g/mol. The average molecular weight is 201 g/mol. The number of hydrogen-bond donors (Lipinski definition) is 1. The third-order valence-electron chi connectivity index (χ3n) is 2.60. The quantitative estimate of drug-likeness (QED) is 0.821. The molecule has 78 valence electrons. The molecule has 0 atom stereocenters. The Balaban J connectivity index is 2.28. The summed E-state index contributed by atoms with van der Waals surface area (Å²) in [4.78, 5) is 4.11. The van der Waals surface area contributed by atoms with Crippen molar-refractivity contribution in [3.8, 4) is 0 Å². The lowest BCUT2D eigenvalue weighted by molar-refractivity contribution is 0.760. The summed E-state index contributed by atoms with van der Waals surface area (Å²) in [6.45, 7) is 3.49. The largest absolute Gasteiger partial charge is 0.330 e. The summed E-state index contributed by atoms with van der Waals surface area (Å²) in [6, 6.07) is 8.25. The maximum absolute atomic E-state index is 5.69. The van der Waals surface area contributed by atoms with E-state index in [1.807, 2.05) is 24.7 Å². The van der Waals surface area contributed by atoms with Gasteiger partial charge in [0.2, 0.25) is 0 Å². The van der Waals surface area contributed by atoms with Crippen LogP contribution in [0.1, 0.15) is 16.8 Å². The van der Waals surface area contributed by atoms with E-state index in [1.165, 1.54) is 16.8 Å². The number of hydrogen-bond acceptors (Lipinski definition) is 2. The molecular formula is C12H15N3. The summed E-state index contributed by atoms with van der Waals surface area (Å²) in [6.07, 6.45) is 3.72. The fraction of sp³-hybridized carbons (Fsp3) is 0.250. The Kier molecular flexibility index (Phi) is 2.83. The summed E-state index contributed by atoms with van der Waals surface area (Å²) in [5.74, 6) is 0. The molecule has 0 aliphatic heterocycles. The van der Waals surface area contributed by atoms with Crippen molar-refractivity contribution in [2.45, 2.75) is 20.0 Å². The minimum atomic E-state index is 0.587. The molecule has 0 bridgehead atoms. The van der Waals surface area contributed by atoms with Crippen LogP contribution in [-0.2, 0) is 13.1 Å². The molecule has 0 spiro atoms. The van der Waals surface area contributed by atoms with Gasteiger partial charge in [0.1, 0.15) is 0 Å². The molecule has 0 fully saturated rings. The zero-order valence-corrected chi connectivity index (χ0v) is 8.85. The molecule has 3 nitrogen and oxygen atoms in total.